The van der Waals surface area contributed by atoms with Gasteiger partial charge in [0.05, 0.1) is 24.4 Å². The normalized spacial score (nSPS) is 14.4. The maximum Gasteiger partial charge on any atom is 0.130 e. The number of hydrogen-bond acceptors (Lipinski definition) is 5. The van der Waals surface area contributed by atoms with E-state index >= 15 is 0 Å². The largest absolute Gasteiger partial charge is 0.497 e. The maximum atomic E-state index is 9.57. The van der Waals surface area contributed by atoms with E-state index in [1.807, 2.05) is 48.3 Å². The summed E-state index contributed by atoms with van der Waals surface area (Å²) in [5.74, 6) is 1.78. The van der Waals surface area contributed by atoms with E-state index in [2.05, 4.69) is 79.9 Å². The summed E-state index contributed by atoms with van der Waals surface area (Å²) < 4.78 is 14.5. The van der Waals surface area contributed by atoms with Gasteiger partial charge < -0.3 is 14.0 Å². The molecule has 0 bridgehead atoms. The van der Waals surface area contributed by atoms with Gasteiger partial charge in [-0.05, 0) is 59.7 Å². The summed E-state index contributed by atoms with van der Waals surface area (Å²) in [6, 6.07) is 29.5. The van der Waals surface area contributed by atoms with Crippen molar-refractivity contribution in [1.82, 2.24) is 9.55 Å². The Labute approximate surface area is 258 Å². The minimum Gasteiger partial charge on any atom is -0.497 e. The second-order valence-electron chi connectivity index (χ2n) is 12.2. The summed E-state index contributed by atoms with van der Waals surface area (Å²) in [6.45, 7) is 7.83. The van der Waals surface area contributed by atoms with Gasteiger partial charge in [0, 0.05) is 51.5 Å². The molecule has 1 unspecified atom stereocenters. The average molecular weight is 588 g/mol. The molecule has 0 saturated heterocycles. The van der Waals surface area contributed by atoms with Crippen molar-refractivity contribution >= 4 is 22.7 Å². The summed E-state index contributed by atoms with van der Waals surface area (Å²) >= 11 is 1.96. The van der Waals surface area contributed by atoms with Crippen LogP contribution in [0.5, 0.6) is 11.5 Å². The van der Waals surface area contributed by atoms with E-state index in [4.69, 9.17) is 14.5 Å². The van der Waals surface area contributed by atoms with Crippen molar-refractivity contribution in [3.8, 4) is 28.7 Å². The molecule has 43 heavy (non-hydrogen) atoms. The fourth-order valence-electron chi connectivity index (χ4n) is 6.00. The lowest BCUT2D eigenvalue weighted by Crippen LogP contribution is -2.18. The van der Waals surface area contributed by atoms with E-state index < -0.39 is 0 Å². The number of hydrogen-bond donors (Lipinski definition) is 0. The summed E-state index contributed by atoms with van der Waals surface area (Å²) in [6.07, 6.45) is 4.19. The molecule has 2 aromatic heterocycles. The summed E-state index contributed by atoms with van der Waals surface area (Å²) in [7, 11) is 1.71. The highest BCUT2D eigenvalue weighted by atomic mass is 32.2. The molecule has 1 aliphatic rings. The Morgan fingerprint density at radius 3 is 2.60 bits per heavy atom. The first-order valence-electron chi connectivity index (χ1n) is 14.8. The molecule has 0 spiro atoms. The maximum absolute atomic E-state index is 9.57. The van der Waals surface area contributed by atoms with E-state index in [-0.39, 0.29) is 5.41 Å². The molecule has 0 amide bonds. The third-order valence-corrected chi connectivity index (χ3v) is 9.39. The lowest BCUT2D eigenvalue weighted by atomic mass is 9.85. The van der Waals surface area contributed by atoms with Gasteiger partial charge in [0.15, 0.2) is 0 Å². The first-order valence-corrected chi connectivity index (χ1v) is 15.7. The number of nitriles is 1. The smallest absolute Gasteiger partial charge is 0.130 e. The van der Waals surface area contributed by atoms with Crippen LogP contribution in [0.15, 0.2) is 90.0 Å². The molecule has 6 heteroatoms. The molecule has 0 N–H and O–H groups in total. The zero-order valence-electron chi connectivity index (χ0n) is 25.3. The minimum absolute atomic E-state index is 0.149. The van der Waals surface area contributed by atoms with Crippen LogP contribution in [0.4, 0.5) is 0 Å². The number of aromatic nitrogens is 2. The molecule has 3 heterocycles. The Kier molecular flexibility index (Phi) is 8.19. The monoisotopic (exact) mass is 587 g/mol. The van der Waals surface area contributed by atoms with Gasteiger partial charge in [0.25, 0.3) is 0 Å². The van der Waals surface area contributed by atoms with Crippen molar-refractivity contribution in [2.45, 2.75) is 63.3 Å². The highest BCUT2D eigenvalue weighted by molar-refractivity contribution is 8.00. The lowest BCUT2D eigenvalue weighted by molar-refractivity contribution is 0.298. The molecule has 218 valence electrons. The van der Waals surface area contributed by atoms with Gasteiger partial charge >= 0.3 is 0 Å². The first kappa shape index (κ1) is 28.9. The molecule has 0 aliphatic carbocycles. The fraction of sp³-hybridized carbons (Fsp3) is 0.297. The standard InChI is InChI=1S/C37H37N3O2S/c1-25-19-31-34(42-24-29-14-13-28(22-39-29)27-10-6-5-7-11-27)16-15-32-35(31)36(43-25)33(21-37(2,3)17-18-38)40(32)23-26-9-8-12-30(20-26)41-4/h5-16,20,22,25H,17,19,21,23-24H2,1-4H3. The summed E-state index contributed by atoms with van der Waals surface area (Å²) in [5.41, 5.74) is 7.97. The van der Waals surface area contributed by atoms with Crippen molar-refractivity contribution in [1.29, 1.82) is 5.26 Å². The van der Waals surface area contributed by atoms with Crippen LogP contribution >= 0.6 is 11.8 Å². The molecule has 0 radical (unpaired) electrons. The van der Waals surface area contributed by atoms with Gasteiger partial charge in [0.1, 0.15) is 18.1 Å². The predicted molar refractivity (Wildman–Crippen MR) is 175 cm³/mol. The van der Waals surface area contributed by atoms with Crippen LogP contribution < -0.4 is 9.47 Å². The van der Waals surface area contributed by atoms with Crippen molar-refractivity contribution in [2.75, 3.05) is 7.11 Å². The van der Waals surface area contributed by atoms with Crippen molar-refractivity contribution in [3.05, 3.63) is 108 Å². The SMILES string of the molecule is COc1cccc(Cn2c(CC(C)(C)CC#N)c3c4c(c(OCc5ccc(-c6ccccc6)cn5)ccc42)CC(C)S3)c1. The zero-order chi connectivity index (χ0) is 30.0. The van der Waals surface area contributed by atoms with Crippen LogP contribution in [0.25, 0.3) is 22.0 Å². The van der Waals surface area contributed by atoms with Crippen LogP contribution in [0.1, 0.15) is 49.7 Å². The number of thioether (sulfide) groups is 1. The van der Waals surface area contributed by atoms with Gasteiger partial charge in [0.2, 0.25) is 0 Å². The average Bonchev–Trinajstić information content (AvgIpc) is 3.29. The Balaban J connectivity index is 1.37. The van der Waals surface area contributed by atoms with Crippen molar-refractivity contribution < 1.29 is 9.47 Å². The molecule has 5 aromatic rings. The van der Waals surface area contributed by atoms with Crippen LogP contribution in [-0.4, -0.2) is 21.9 Å². The number of pyridine rings is 1. The lowest BCUT2D eigenvalue weighted by Gasteiger charge is -2.25. The second kappa shape index (κ2) is 12.2. The van der Waals surface area contributed by atoms with E-state index in [0.29, 0.717) is 18.3 Å². The Morgan fingerprint density at radius 1 is 1.02 bits per heavy atom. The number of benzene rings is 3. The van der Waals surface area contributed by atoms with Crippen molar-refractivity contribution in [3.63, 3.8) is 0 Å². The number of methoxy groups -OCH3 is 1. The van der Waals surface area contributed by atoms with Crippen LogP contribution in [0.3, 0.4) is 0 Å². The third-order valence-electron chi connectivity index (χ3n) is 8.15. The minimum atomic E-state index is -0.149. The number of ether oxygens (including phenoxy) is 2. The first-order chi connectivity index (χ1) is 20.8. The van der Waals surface area contributed by atoms with E-state index in [1.165, 1.54) is 32.6 Å². The van der Waals surface area contributed by atoms with Gasteiger partial charge in [-0.25, -0.2) is 0 Å². The summed E-state index contributed by atoms with van der Waals surface area (Å²) in [5, 5.41) is 11.3. The molecule has 6 rings (SSSR count). The number of rotatable bonds is 10. The highest BCUT2D eigenvalue weighted by Crippen LogP contribution is 2.48. The number of nitrogens with zero attached hydrogens (tertiary/aromatic N) is 3. The Morgan fingerprint density at radius 2 is 1.86 bits per heavy atom. The van der Waals surface area contributed by atoms with Gasteiger partial charge in [-0.2, -0.15) is 5.26 Å². The second-order valence-corrected chi connectivity index (χ2v) is 13.6. The molecule has 0 saturated carbocycles. The van der Waals surface area contributed by atoms with E-state index in [0.717, 1.165) is 47.7 Å². The zero-order valence-corrected chi connectivity index (χ0v) is 26.1. The Bertz CT molecular complexity index is 1790. The predicted octanol–water partition coefficient (Wildman–Crippen LogP) is 8.86. The summed E-state index contributed by atoms with van der Waals surface area (Å²) in [4.78, 5) is 6.03. The molecule has 5 nitrogen and oxygen atoms in total. The fourth-order valence-corrected chi connectivity index (χ4v) is 7.32. The Hall–Kier alpha value is -4.21. The highest BCUT2D eigenvalue weighted by Gasteiger charge is 2.31. The van der Waals surface area contributed by atoms with Crippen molar-refractivity contribution in [2.24, 2.45) is 5.41 Å². The third kappa shape index (κ3) is 6.14. The van der Waals surface area contributed by atoms with Gasteiger partial charge in [-0.1, -0.05) is 69.3 Å². The molecule has 3 aromatic carbocycles. The van der Waals surface area contributed by atoms with Gasteiger partial charge in [-0.15, -0.1) is 11.8 Å². The molecular weight excluding hydrogens is 550 g/mol. The topological polar surface area (TPSA) is 60.1 Å². The van der Waals surface area contributed by atoms with Crippen LogP contribution in [0, 0.1) is 16.7 Å². The molecule has 0 fully saturated rings. The van der Waals surface area contributed by atoms with Gasteiger partial charge in [-0.3, -0.25) is 4.98 Å². The molecule has 1 aliphatic heterocycles. The molecule has 1 atom stereocenters. The van der Waals surface area contributed by atoms with Crippen LogP contribution in [0.2, 0.25) is 0 Å². The van der Waals surface area contributed by atoms with Crippen LogP contribution in [-0.2, 0) is 26.0 Å². The van der Waals surface area contributed by atoms with E-state index in [9.17, 15) is 5.26 Å². The quantitative estimate of drug-likeness (QED) is 0.163. The van der Waals surface area contributed by atoms with E-state index in [1.54, 1.807) is 7.11 Å². The molecular formula is C37H37N3O2S.